The predicted octanol–water partition coefficient (Wildman–Crippen LogP) is -0.615. The molecule has 0 radical (unpaired) electrons. The van der Waals surface area contributed by atoms with E-state index in [0.717, 1.165) is 9.96 Å². The first-order valence-electron chi connectivity index (χ1n) is 4.47. The summed E-state index contributed by atoms with van der Waals surface area (Å²) in [5.74, 6) is -0.386. The molecule has 15 heavy (non-hydrogen) atoms. The topological polar surface area (TPSA) is 79.3 Å². The number of carboxylic acid groups (broad SMARTS) is 1. The van der Waals surface area contributed by atoms with Gasteiger partial charge in [0.1, 0.15) is 0 Å². The van der Waals surface area contributed by atoms with Crippen LogP contribution in [0.3, 0.4) is 0 Å². The molecule has 1 N–H and O–H groups in total. The molecule has 0 aromatic carbocycles. The van der Waals surface area contributed by atoms with Crippen molar-refractivity contribution in [1.29, 1.82) is 0 Å². The van der Waals surface area contributed by atoms with E-state index >= 15 is 0 Å². The van der Waals surface area contributed by atoms with Crippen LogP contribution in [-0.4, -0.2) is 67.0 Å². The number of ether oxygens (including phenoxy) is 1. The molecule has 0 aromatic heterocycles. The second kappa shape index (κ2) is 4.94. The molecule has 7 heteroatoms. The lowest BCUT2D eigenvalue weighted by Crippen LogP contribution is -2.51. The van der Waals surface area contributed by atoms with Gasteiger partial charge in [-0.05, 0) is 0 Å². The van der Waals surface area contributed by atoms with Gasteiger partial charge in [0.05, 0.1) is 20.3 Å². The van der Waals surface area contributed by atoms with Gasteiger partial charge in [-0.3, -0.25) is 9.63 Å². The zero-order valence-corrected chi connectivity index (χ0v) is 8.67. The summed E-state index contributed by atoms with van der Waals surface area (Å²) in [7, 11) is 2.81. The Bertz CT molecular complexity index is 257. The van der Waals surface area contributed by atoms with Gasteiger partial charge in [-0.15, -0.1) is 0 Å². The highest BCUT2D eigenvalue weighted by Crippen LogP contribution is 2.07. The average Bonchev–Trinajstić information content (AvgIpc) is 2.27. The van der Waals surface area contributed by atoms with E-state index in [-0.39, 0.29) is 25.6 Å². The maximum Gasteiger partial charge on any atom is 0.407 e. The van der Waals surface area contributed by atoms with Crippen LogP contribution in [0.2, 0.25) is 0 Å². The fourth-order valence-corrected chi connectivity index (χ4v) is 1.27. The van der Waals surface area contributed by atoms with Crippen molar-refractivity contribution < 1.29 is 24.3 Å². The maximum absolute atomic E-state index is 11.6. The van der Waals surface area contributed by atoms with Crippen molar-refractivity contribution in [3.8, 4) is 0 Å². The average molecular weight is 218 g/mol. The normalized spacial score (nSPS) is 21.2. The Balaban J connectivity index is 2.56. The largest absolute Gasteiger partial charge is 0.465 e. The number of hydrogen-bond donors (Lipinski definition) is 1. The van der Waals surface area contributed by atoms with Gasteiger partial charge in [-0.2, -0.15) is 0 Å². The quantitative estimate of drug-likeness (QED) is 0.625. The summed E-state index contributed by atoms with van der Waals surface area (Å²) in [4.78, 5) is 28.1. The lowest BCUT2D eigenvalue weighted by Gasteiger charge is -2.31. The van der Waals surface area contributed by atoms with Crippen LogP contribution in [-0.2, 0) is 14.4 Å². The first-order valence-corrected chi connectivity index (χ1v) is 4.47. The number of carbonyl (C=O) groups excluding carboxylic acids is 1. The summed E-state index contributed by atoms with van der Waals surface area (Å²) in [6.07, 6.45) is -1.82. The van der Waals surface area contributed by atoms with Gasteiger partial charge in [0.2, 0.25) is 0 Å². The van der Waals surface area contributed by atoms with E-state index in [2.05, 4.69) is 0 Å². The van der Waals surface area contributed by atoms with Crippen molar-refractivity contribution in [2.24, 2.45) is 0 Å². The number of hydroxylamine groups is 2. The summed E-state index contributed by atoms with van der Waals surface area (Å²) in [6, 6.07) is 0. The van der Waals surface area contributed by atoms with Crippen molar-refractivity contribution >= 4 is 12.0 Å². The monoisotopic (exact) mass is 218 g/mol. The molecule has 1 aliphatic heterocycles. The lowest BCUT2D eigenvalue weighted by atomic mass is 10.2. The van der Waals surface area contributed by atoms with Crippen LogP contribution in [0, 0.1) is 0 Å². The zero-order chi connectivity index (χ0) is 11.4. The van der Waals surface area contributed by atoms with E-state index in [9.17, 15) is 9.59 Å². The van der Waals surface area contributed by atoms with E-state index in [0.29, 0.717) is 0 Å². The Kier molecular flexibility index (Phi) is 3.87. The van der Waals surface area contributed by atoms with Gasteiger partial charge in [0.25, 0.3) is 5.91 Å². The maximum atomic E-state index is 11.6. The van der Waals surface area contributed by atoms with E-state index in [1.807, 2.05) is 0 Å². The van der Waals surface area contributed by atoms with E-state index in [1.54, 1.807) is 0 Å². The molecular weight excluding hydrogens is 204 g/mol. The molecule has 0 bridgehead atoms. The second-order valence-corrected chi connectivity index (χ2v) is 3.11. The number of likely N-dealkylation sites (N-methyl/N-ethyl adjacent to an activating group) is 1. The standard InChI is InChI=1S/C8H14N2O5/c1-9(14-2)7(11)6-5-10(8(12)13)3-4-15-6/h6H,3-5H2,1-2H3,(H,12,13)/t6-/m1/s1. The van der Waals surface area contributed by atoms with E-state index < -0.39 is 12.2 Å². The van der Waals surface area contributed by atoms with Gasteiger partial charge in [-0.1, -0.05) is 0 Å². The van der Waals surface area contributed by atoms with Gasteiger partial charge in [0, 0.05) is 13.6 Å². The highest BCUT2D eigenvalue weighted by Gasteiger charge is 2.31. The van der Waals surface area contributed by atoms with Crippen LogP contribution in [0.1, 0.15) is 0 Å². The van der Waals surface area contributed by atoms with Crippen molar-refractivity contribution in [3.05, 3.63) is 0 Å². The fraction of sp³-hybridized carbons (Fsp3) is 0.750. The van der Waals surface area contributed by atoms with Crippen LogP contribution in [0.4, 0.5) is 4.79 Å². The minimum absolute atomic E-state index is 0.0435. The molecule has 1 aliphatic rings. The molecule has 2 amide bonds. The number of nitrogens with zero attached hydrogens (tertiary/aromatic N) is 2. The summed E-state index contributed by atoms with van der Waals surface area (Å²) < 4.78 is 5.17. The molecule has 1 heterocycles. The van der Waals surface area contributed by atoms with Crippen molar-refractivity contribution in [2.45, 2.75) is 6.10 Å². The number of rotatable bonds is 2. The van der Waals surface area contributed by atoms with Crippen LogP contribution < -0.4 is 0 Å². The van der Waals surface area contributed by atoms with Gasteiger partial charge < -0.3 is 14.7 Å². The van der Waals surface area contributed by atoms with Crippen LogP contribution in [0.15, 0.2) is 0 Å². The lowest BCUT2D eigenvalue weighted by molar-refractivity contribution is -0.184. The summed E-state index contributed by atoms with van der Waals surface area (Å²) in [5, 5.41) is 9.77. The Hall–Kier alpha value is -1.34. The first-order chi connectivity index (χ1) is 7.06. The molecule has 86 valence electrons. The molecule has 1 rings (SSSR count). The Morgan fingerprint density at radius 3 is 2.80 bits per heavy atom. The Labute approximate surface area is 87.1 Å². The van der Waals surface area contributed by atoms with E-state index in [4.69, 9.17) is 14.7 Å². The molecule has 1 saturated heterocycles. The van der Waals surface area contributed by atoms with Crippen molar-refractivity contribution in [3.63, 3.8) is 0 Å². The third kappa shape index (κ3) is 2.80. The molecule has 0 saturated carbocycles. The van der Waals surface area contributed by atoms with Crippen molar-refractivity contribution in [2.75, 3.05) is 33.9 Å². The number of carbonyl (C=O) groups is 2. The molecular formula is C8H14N2O5. The molecule has 0 aromatic rings. The Morgan fingerprint density at radius 2 is 2.27 bits per heavy atom. The molecule has 0 unspecified atom stereocenters. The smallest absolute Gasteiger partial charge is 0.407 e. The summed E-state index contributed by atoms with van der Waals surface area (Å²) >= 11 is 0. The molecule has 0 aliphatic carbocycles. The molecule has 0 spiro atoms. The SMILES string of the molecule is CON(C)C(=O)[C@H]1CN(C(=O)O)CCO1. The number of hydrogen-bond acceptors (Lipinski definition) is 4. The Morgan fingerprint density at radius 1 is 1.60 bits per heavy atom. The highest BCUT2D eigenvalue weighted by molar-refractivity contribution is 5.80. The third-order valence-corrected chi connectivity index (χ3v) is 2.20. The van der Waals surface area contributed by atoms with Crippen LogP contribution >= 0.6 is 0 Å². The van der Waals surface area contributed by atoms with Gasteiger partial charge in [0.15, 0.2) is 6.10 Å². The van der Waals surface area contributed by atoms with Crippen LogP contribution in [0.5, 0.6) is 0 Å². The first kappa shape index (κ1) is 11.7. The molecule has 1 fully saturated rings. The fourth-order valence-electron chi connectivity index (χ4n) is 1.27. The van der Waals surface area contributed by atoms with Gasteiger partial charge in [-0.25, -0.2) is 9.86 Å². The summed E-state index contributed by atoms with van der Waals surface area (Å²) in [6.45, 7) is 0.554. The highest BCUT2D eigenvalue weighted by atomic mass is 16.7. The minimum atomic E-state index is -1.05. The minimum Gasteiger partial charge on any atom is -0.465 e. The molecule has 1 atom stereocenters. The number of amides is 2. The second-order valence-electron chi connectivity index (χ2n) is 3.11. The van der Waals surface area contributed by atoms with Crippen molar-refractivity contribution in [1.82, 2.24) is 9.96 Å². The van der Waals surface area contributed by atoms with Crippen LogP contribution in [0.25, 0.3) is 0 Å². The van der Waals surface area contributed by atoms with Gasteiger partial charge >= 0.3 is 6.09 Å². The summed E-state index contributed by atoms with van der Waals surface area (Å²) in [5.41, 5.74) is 0. The van der Waals surface area contributed by atoms with E-state index in [1.165, 1.54) is 14.2 Å². The third-order valence-electron chi connectivity index (χ3n) is 2.20. The zero-order valence-electron chi connectivity index (χ0n) is 8.67. The number of morpholine rings is 1. The predicted molar refractivity (Wildman–Crippen MR) is 49.1 cm³/mol. The molecule has 7 nitrogen and oxygen atoms in total.